The number of hydrogen-bond donors (Lipinski definition) is 1. The molecule has 0 aliphatic carbocycles. The number of nitriles is 1. The van der Waals surface area contributed by atoms with E-state index in [4.69, 9.17) is 5.26 Å². The van der Waals surface area contributed by atoms with Gasteiger partial charge in [-0.05, 0) is 6.07 Å². The molecule has 1 atom stereocenters. The number of non-ortho nitro benzene ring substituents is 1. The molecule has 1 aromatic carbocycles. The first kappa shape index (κ1) is 14.4. The highest BCUT2D eigenvalue weighted by molar-refractivity contribution is 5.37. The van der Waals surface area contributed by atoms with Gasteiger partial charge in [-0.15, -0.1) is 0 Å². The van der Waals surface area contributed by atoms with Gasteiger partial charge in [-0.3, -0.25) is 15.0 Å². The molecule has 0 amide bonds. The quantitative estimate of drug-likeness (QED) is 0.668. The van der Waals surface area contributed by atoms with E-state index in [2.05, 4.69) is 5.32 Å². The van der Waals surface area contributed by atoms with Crippen molar-refractivity contribution in [3.63, 3.8) is 0 Å². The lowest BCUT2D eigenvalue weighted by Gasteiger charge is -2.34. The fourth-order valence-electron chi connectivity index (χ4n) is 2.42. The Morgan fingerprint density at radius 2 is 2.20 bits per heavy atom. The molecule has 0 radical (unpaired) electrons. The summed E-state index contributed by atoms with van der Waals surface area (Å²) in [4.78, 5) is 12.3. The number of halogens is 1. The van der Waals surface area contributed by atoms with Crippen molar-refractivity contribution in [3.05, 3.63) is 39.7 Å². The average molecular weight is 278 g/mol. The van der Waals surface area contributed by atoms with E-state index in [-0.39, 0.29) is 17.7 Å². The number of nitrogens with one attached hydrogen (secondary N) is 1. The van der Waals surface area contributed by atoms with E-state index in [9.17, 15) is 14.5 Å². The first-order chi connectivity index (χ1) is 9.63. The molecule has 106 valence electrons. The van der Waals surface area contributed by atoms with Gasteiger partial charge in [0.1, 0.15) is 5.82 Å². The molecule has 7 heteroatoms. The van der Waals surface area contributed by atoms with E-state index in [1.165, 1.54) is 6.07 Å². The number of nitro groups is 1. The summed E-state index contributed by atoms with van der Waals surface area (Å²) in [6.45, 7) is 2.90. The molecule has 0 unspecified atom stereocenters. The Balaban J connectivity index is 2.35. The van der Waals surface area contributed by atoms with E-state index in [1.807, 2.05) is 11.0 Å². The predicted octanol–water partition coefficient (Wildman–Crippen LogP) is 1.59. The molecule has 6 nitrogen and oxygen atoms in total. The molecule has 1 aliphatic rings. The number of rotatable bonds is 4. The van der Waals surface area contributed by atoms with Gasteiger partial charge in [-0.1, -0.05) is 0 Å². The van der Waals surface area contributed by atoms with Gasteiger partial charge in [-0.25, -0.2) is 4.39 Å². The summed E-state index contributed by atoms with van der Waals surface area (Å²) >= 11 is 0. The lowest BCUT2D eigenvalue weighted by Crippen LogP contribution is -2.45. The van der Waals surface area contributed by atoms with Crippen LogP contribution < -0.4 is 5.32 Å². The van der Waals surface area contributed by atoms with Crippen LogP contribution in [-0.2, 0) is 0 Å². The van der Waals surface area contributed by atoms with Crippen LogP contribution in [0, 0.1) is 27.3 Å². The molecule has 0 spiro atoms. The van der Waals surface area contributed by atoms with E-state index < -0.39 is 16.8 Å². The van der Waals surface area contributed by atoms with Gasteiger partial charge in [0.2, 0.25) is 0 Å². The Labute approximate surface area is 116 Å². The van der Waals surface area contributed by atoms with Crippen LogP contribution in [-0.4, -0.2) is 36.0 Å². The second-order valence-electron chi connectivity index (χ2n) is 4.63. The van der Waals surface area contributed by atoms with Crippen molar-refractivity contribution in [3.8, 4) is 6.07 Å². The van der Waals surface area contributed by atoms with Crippen molar-refractivity contribution in [2.45, 2.75) is 12.5 Å². The van der Waals surface area contributed by atoms with Crippen molar-refractivity contribution in [2.75, 3.05) is 26.2 Å². The minimum absolute atomic E-state index is 0.109. The zero-order chi connectivity index (χ0) is 14.5. The Bertz CT molecular complexity index is 538. The van der Waals surface area contributed by atoms with Gasteiger partial charge in [-0.2, -0.15) is 5.26 Å². The standard InChI is InChI=1S/C13H15FN4O2/c14-12-2-1-10(18(19)20)9-11(12)13(3-4-15)17-7-5-16-6-8-17/h1-2,9,13,16H,3,5-8H2/t13-/m0/s1. The zero-order valence-corrected chi connectivity index (χ0v) is 10.9. The first-order valence-corrected chi connectivity index (χ1v) is 6.39. The minimum atomic E-state index is -0.551. The fraction of sp³-hybridized carbons (Fsp3) is 0.462. The van der Waals surface area contributed by atoms with Crippen LogP contribution in [0.15, 0.2) is 18.2 Å². The number of nitrogens with zero attached hydrogens (tertiary/aromatic N) is 3. The van der Waals surface area contributed by atoms with Crippen LogP contribution in [0.25, 0.3) is 0 Å². The topological polar surface area (TPSA) is 82.2 Å². The Kier molecular flexibility index (Phi) is 4.61. The smallest absolute Gasteiger partial charge is 0.269 e. The van der Waals surface area contributed by atoms with Gasteiger partial charge < -0.3 is 5.32 Å². The molecule has 1 heterocycles. The van der Waals surface area contributed by atoms with E-state index in [0.717, 1.165) is 25.2 Å². The van der Waals surface area contributed by atoms with Crippen LogP contribution in [0.5, 0.6) is 0 Å². The van der Waals surface area contributed by atoms with Crippen LogP contribution in [0.4, 0.5) is 10.1 Å². The second-order valence-corrected chi connectivity index (χ2v) is 4.63. The maximum absolute atomic E-state index is 14.0. The summed E-state index contributed by atoms with van der Waals surface area (Å²) in [6, 6.07) is 5.07. The average Bonchev–Trinajstić information content (AvgIpc) is 2.46. The third kappa shape index (κ3) is 3.10. The van der Waals surface area contributed by atoms with E-state index in [0.29, 0.717) is 13.1 Å². The second kappa shape index (κ2) is 6.41. The third-order valence-corrected chi connectivity index (χ3v) is 3.43. The molecule has 1 N–H and O–H groups in total. The molecule has 1 aliphatic heterocycles. The van der Waals surface area contributed by atoms with Crippen LogP contribution in [0.1, 0.15) is 18.0 Å². The van der Waals surface area contributed by atoms with E-state index in [1.54, 1.807) is 0 Å². The molecule has 1 aromatic rings. The zero-order valence-electron chi connectivity index (χ0n) is 10.9. The Morgan fingerprint density at radius 3 is 2.80 bits per heavy atom. The maximum Gasteiger partial charge on any atom is 0.269 e. The highest BCUT2D eigenvalue weighted by Gasteiger charge is 2.26. The lowest BCUT2D eigenvalue weighted by molar-refractivity contribution is -0.385. The molecule has 0 aromatic heterocycles. The number of piperazine rings is 1. The molecule has 2 rings (SSSR count). The summed E-state index contributed by atoms with van der Waals surface area (Å²) in [6.07, 6.45) is 0.109. The van der Waals surface area contributed by atoms with E-state index >= 15 is 0 Å². The van der Waals surface area contributed by atoms with Crippen molar-refractivity contribution in [1.29, 1.82) is 5.26 Å². The van der Waals surface area contributed by atoms with Gasteiger partial charge in [0, 0.05) is 43.9 Å². The Morgan fingerprint density at radius 1 is 1.50 bits per heavy atom. The summed E-state index contributed by atoms with van der Waals surface area (Å²) in [7, 11) is 0. The van der Waals surface area contributed by atoms with Gasteiger partial charge in [0.15, 0.2) is 0 Å². The SMILES string of the molecule is N#CC[C@@H](c1cc([N+](=O)[O-])ccc1F)N1CCNCC1. The molecular weight excluding hydrogens is 263 g/mol. The molecule has 0 bridgehead atoms. The summed E-state index contributed by atoms with van der Waals surface area (Å²) in [5.74, 6) is -0.505. The molecular formula is C13H15FN4O2. The van der Waals surface area contributed by atoms with Crippen molar-refractivity contribution in [2.24, 2.45) is 0 Å². The largest absolute Gasteiger partial charge is 0.314 e. The molecule has 0 saturated carbocycles. The highest BCUT2D eigenvalue weighted by Crippen LogP contribution is 2.29. The molecule has 1 fully saturated rings. The van der Waals surface area contributed by atoms with Crippen molar-refractivity contribution < 1.29 is 9.31 Å². The van der Waals surface area contributed by atoms with Gasteiger partial charge in [0.05, 0.1) is 23.5 Å². The first-order valence-electron chi connectivity index (χ1n) is 6.39. The van der Waals surface area contributed by atoms with Gasteiger partial charge >= 0.3 is 0 Å². The summed E-state index contributed by atoms with van der Waals surface area (Å²) < 4.78 is 14.0. The van der Waals surface area contributed by atoms with Crippen LogP contribution >= 0.6 is 0 Å². The third-order valence-electron chi connectivity index (χ3n) is 3.43. The highest BCUT2D eigenvalue weighted by atomic mass is 19.1. The summed E-state index contributed by atoms with van der Waals surface area (Å²) in [5, 5.41) is 22.9. The molecule has 1 saturated heterocycles. The number of hydrogen-bond acceptors (Lipinski definition) is 5. The Hall–Kier alpha value is -2.04. The van der Waals surface area contributed by atoms with Crippen LogP contribution in [0.2, 0.25) is 0 Å². The van der Waals surface area contributed by atoms with Crippen molar-refractivity contribution >= 4 is 5.69 Å². The monoisotopic (exact) mass is 278 g/mol. The van der Waals surface area contributed by atoms with Crippen molar-refractivity contribution in [1.82, 2.24) is 10.2 Å². The van der Waals surface area contributed by atoms with Gasteiger partial charge in [0.25, 0.3) is 5.69 Å². The predicted molar refractivity (Wildman–Crippen MR) is 70.5 cm³/mol. The van der Waals surface area contributed by atoms with Crippen LogP contribution in [0.3, 0.4) is 0 Å². The lowest BCUT2D eigenvalue weighted by atomic mass is 10.0. The summed E-state index contributed by atoms with van der Waals surface area (Å²) in [5.41, 5.74) is 0.0714. The number of nitro benzene ring substituents is 1. The number of benzene rings is 1. The maximum atomic E-state index is 14.0. The fourth-order valence-corrected chi connectivity index (χ4v) is 2.42. The molecule has 20 heavy (non-hydrogen) atoms. The normalized spacial score (nSPS) is 17.4. The minimum Gasteiger partial charge on any atom is -0.314 e.